The van der Waals surface area contributed by atoms with E-state index in [4.69, 9.17) is 4.43 Å². The third kappa shape index (κ3) is 3.83. The fraction of sp³-hybridized carbons (Fsp3) is 0.650. The Morgan fingerprint density at radius 1 is 1.16 bits per heavy atom. The summed E-state index contributed by atoms with van der Waals surface area (Å²) in [5.41, 5.74) is 1.16. The first kappa shape index (κ1) is 19.4. The lowest BCUT2D eigenvalue weighted by Crippen LogP contribution is -2.54. The molecule has 2 fully saturated rings. The summed E-state index contributed by atoms with van der Waals surface area (Å²) in [6.45, 7) is 12.2. The molecule has 2 aliphatic heterocycles. The van der Waals surface area contributed by atoms with Gasteiger partial charge in [-0.25, -0.2) is 0 Å². The highest BCUT2D eigenvalue weighted by molar-refractivity contribution is 14.1. The molecule has 0 spiro atoms. The fourth-order valence-corrected chi connectivity index (χ4v) is 6.35. The first-order chi connectivity index (χ1) is 11.6. The molecule has 4 atom stereocenters. The van der Waals surface area contributed by atoms with Crippen molar-refractivity contribution in [2.45, 2.75) is 73.7 Å². The van der Waals surface area contributed by atoms with Crippen molar-refractivity contribution in [2.24, 2.45) is 0 Å². The number of rotatable bonds is 3. The number of alkyl halides is 1. The Balaban J connectivity index is 1.75. The van der Waals surface area contributed by atoms with Gasteiger partial charge < -0.3 is 9.33 Å². The lowest BCUT2D eigenvalue weighted by atomic mass is 9.93. The molecule has 0 radical (unpaired) electrons. The number of amides is 1. The van der Waals surface area contributed by atoms with Gasteiger partial charge in [-0.2, -0.15) is 0 Å². The third-order valence-corrected chi connectivity index (χ3v) is 12.1. The van der Waals surface area contributed by atoms with E-state index in [1.54, 1.807) is 0 Å². The van der Waals surface area contributed by atoms with Gasteiger partial charge in [0.05, 0.1) is 12.0 Å². The Hall–Kier alpha value is -0.403. The molecule has 2 aliphatic rings. The minimum atomic E-state index is -1.81. The largest absolute Gasteiger partial charge is 0.412 e. The van der Waals surface area contributed by atoms with Crippen molar-refractivity contribution < 1.29 is 9.22 Å². The van der Waals surface area contributed by atoms with Gasteiger partial charge >= 0.3 is 0 Å². The molecule has 2 heterocycles. The molecular weight excluding hydrogens is 441 g/mol. The van der Waals surface area contributed by atoms with Crippen molar-refractivity contribution >= 4 is 36.8 Å². The van der Waals surface area contributed by atoms with Crippen molar-refractivity contribution in [2.75, 3.05) is 6.54 Å². The zero-order valence-corrected chi connectivity index (χ0v) is 19.1. The average Bonchev–Trinajstić information content (AvgIpc) is 2.85. The summed E-state index contributed by atoms with van der Waals surface area (Å²) < 4.78 is 7.12. The van der Waals surface area contributed by atoms with E-state index in [1.165, 1.54) is 0 Å². The van der Waals surface area contributed by atoms with Gasteiger partial charge in [0.2, 0.25) is 5.91 Å². The Kier molecular flexibility index (Phi) is 5.39. The van der Waals surface area contributed by atoms with Crippen LogP contribution in [0.2, 0.25) is 18.1 Å². The van der Waals surface area contributed by atoms with Crippen LogP contribution in [0.1, 0.15) is 45.1 Å². The van der Waals surface area contributed by atoms with E-state index in [0.29, 0.717) is 15.9 Å². The second-order valence-corrected chi connectivity index (χ2v) is 15.4. The number of benzene rings is 1. The van der Waals surface area contributed by atoms with Gasteiger partial charge in [-0.05, 0) is 36.5 Å². The van der Waals surface area contributed by atoms with Crippen molar-refractivity contribution in [1.29, 1.82) is 0 Å². The molecule has 0 aromatic heterocycles. The second-order valence-electron chi connectivity index (χ2n) is 9.01. The van der Waals surface area contributed by atoms with Crippen molar-refractivity contribution in [3.8, 4) is 0 Å². The third-order valence-electron chi connectivity index (χ3n) is 6.23. The standard InChI is InChI=1S/C20H30INO2Si/c1-20(2,3)25(4,5)24-15-11-17(21)18-12-16(19(23)22(18)13-15)14-9-7-6-8-10-14/h6-10,15-18H,11-13H2,1-5H3/t15-,16+,17-,18+/m1/s1. The van der Waals surface area contributed by atoms with Crippen LogP contribution < -0.4 is 0 Å². The van der Waals surface area contributed by atoms with Gasteiger partial charge in [-0.1, -0.05) is 73.7 Å². The van der Waals surface area contributed by atoms with E-state index in [9.17, 15) is 4.79 Å². The lowest BCUT2D eigenvalue weighted by molar-refractivity contribution is -0.132. The highest BCUT2D eigenvalue weighted by Gasteiger charge is 2.49. The van der Waals surface area contributed by atoms with E-state index < -0.39 is 8.32 Å². The first-order valence-electron chi connectivity index (χ1n) is 9.27. The number of piperidine rings is 1. The van der Waals surface area contributed by atoms with Gasteiger partial charge in [0.15, 0.2) is 8.32 Å². The van der Waals surface area contributed by atoms with E-state index in [2.05, 4.69) is 73.5 Å². The van der Waals surface area contributed by atoms with E-state index >= 15 is 0 Å². The molecule has 138 valence electrons. The topological polar surface area (TPSA) is 29.5 Å². The van der Waals surface area contributed by atoms with E-state index in [0.717, 1.165) is 24.9 Å². The van der Waals surface area contributed by atoms with Crippen molar-refractivity contribution in [3.63, 3.8) is 0 Å². The molecule has 3 rings (SSSR count). The summed E-state index contributed by atoms with van der Waals surface area (Å²) >= 11 is 2.54. The maximum absolute atomic E-state index is 13.1. The fourth-order valence-electron chi connectivity index (χ4n) is 3.75. The molecule has 0 N–H and O–H groups in total. The zero-order chi connectivity index (χ0) is 18.4. The number of fused-ring (bicyclic) bond motifs is 1. The predicted molar refractivity (Wildman–Crippen MR) is 114 cm³/mol. The Morgan fingerprint density at radius 2 is 1.80 bits per heavy atom. The smallest absolute Gasteiger partial charge is 0.230 e. The summed E-state index contributed by atoms with van der Waals surface area (Å²) in [5.74, 6) is 0.316. The summed E-state index contributed by atoms with van der Waals surface area (Å²) in [5, 5.41) is 0.201. The number of nitrogens with zero attached hydrogens (tertiary/aromatic N) is 1. The molecule has 0 unspecified atom stereocenters. The minimum absolute atomic E-state index is 0.0232. The van der Waals surface area contributed by atoms with Gasteiger partial charge in [0.25, 0.3) is 0 Å². The van der Waals surface area contributed by atoms with E-state index in [1.807, 2.05) is 18.2 Å². The average molecular weight is 471 g/mol. The first-order valence-corrected chi connectivity index (χ1v) is 13.4. The number of hydrogen-bond donors (Lipinski definition) is 0. The number of hydrogen-bond acceptors (Lipinski definition) is 2. The van der Waals surface area contributed by atoms with Gasteiger partial charge in [0.1, 0.15) is 0 Å². The SMILES string of the molecule is CC(C)(C)[Si](C)(C)O[C@@H]1C[C@@H](I)[C@@H]2C[C@@H](c3ccccc3)C(=O)N2C1. The summed E-state index contributed by atoms with van der Waals surface area (Å²) in [4.78, 5) is 15.2. The van der Waals surface area contributed by atoms with Crippen molar-refractivity contribution in [1.82, 2.24) is 4.90 Å². The number of carbonyl (C=O) groups excluding carboxylic acids is 1. The second kappa shape index (κ2) is 6.96. The molecular formula is C20H30INO2Si. The molecule has 3 nitrogen and oxygen atoms in total. The Morgan fingerprint density at radius 3 is 2.40 bits per heavy atom. The molecule has 0 aliphatic carbocycles. The number of halogens is 1. The highest BCUT2D eigenvalue weighted by Crippen LogP contribution is 2.43. The van der Waals surface area contributed by atoms with Gasteiger partial charge in [0, 0.05) is 16.5 Å². The Bertz CT molecular complexity index is 628. The minimum Gasteiger partial charge on any atom is -0.412 e. The lowest BCUT2D eigenvalue weighted by Gasteiger charge is -2.44. The van der Waals surface area contributed by atoms with Crippen LogP contribution in [0.4, 0.5) is 0 Å². The molecule has 25 heavy (non-hydrogen) atoms. The van der Waals surface area contributed by atoms with Crippen LogP contribution in [0, 0.1) is 0 Å². The van der Waals surface area contributed by atoms with Crippen LogP contribution in [0.25, 0.3) is 0 Å². The van der Waals surface area contributed by atoms with Crippen LogP contribution in [0.5, 0.6) is 0 Å². The van der Waals surface area contributed by atoms with Crippen LogP contribution in [-0.4, -0.2) is 41.7 Å². The molecule has 5 heteroatoms. The number of carbonyl (C=O) groups is 1. The van der Waals surface area contributed by atoms with Crippen LogP contribution in [0.15, 0.2) is 30.3 Å². The van der Waals surface area contributed by atoms with Gasteiger partial charge in [-0.3, -0.25) is 4.79 Å². The van der Waals surface area contributed by atoms with Crippen LogP contribution in [0.3, 0.4) is 0 Å². The quantitative estimate of drug-likeness (QED) is 0.354. The molecule has 1 amide bonds. The maximum atomic E-state index is 13.1. The molecule has 2 saturated heterocycles. The summed E-state index contributed by atoms with van der Waals surface area (Å²) in [7, 11) is -1.81. The van der Waals surface area contributed by atoms with E-state index in [-0.39, 0.29) is 17.1 Å². The normalized spacial score (nSPS) is 30.5. The van der Waals surface area contributed by atoms with Crippen LogP contribution >= 0.6 is 22.6 Å². The molecule has 0 bridgehead atoms. The summed E-state index contributed by atoms with van der Waals surface area (Å²) in [6, 6.07) is 10.6. The van der Waals surface area contributed by atoms with Crippen LogP contribution in [-0.2, 0) is 9.22 Å². The Labute approximate surface area is 166 Å². The summed E-state index contributed by atoms with van der Waals surface area (Å²) in [6.07, 6.45) is 2.18. The molecule has 0 saturated carbocycles. The predicted octanol–water partition coefficient (Wildman–Crippen LogP) is 4.97. The zero-order valence-electron chi connectivity index (χ0n) is 16.0. The molecule has 1 aromatic rings. The van der Waals surface area contributed by atoms with Crippen molar-refractivity contribution in [3.05, 3.63) is 35.9 Å². The molecule has 1 aromatic carbocycles. The maximum Gasteiger partial charge on any atom is 0.230 e. The monoisotopic (exact) mass is 471 g/mol. The highest BCUT2D eigenvalue weighted by atomic mass is 127. The van der Waals surface area contributed by atoms with Gasteiger partial charge in [-0.15, -0.1) is 0 Å².